The number of oxazole rings is 1. The average Bonchev–Trinajstić information content (AvgIpc) is 2.88. The zero-order valence-electron chi connectivity index (χ0n) is 10.8. The van der Waals surface area contributed by atoms with E-state index in [2.05, 4.69) is 10.3 Å². The van der Waals surface area contributed by atoms with Gasteiger partial charge in [0.05, 0.1) is 6.20 Å². The molecule has 1 amide bonds. The second-order valence-corrected chi connectivity index (χ2v) is 4.92. The molecule has 1 N–H and O–H groups in total. The Morgan fingerprint density at radius 3 is 2.68 bits per heavy atom. The molecule has 1 aromatic carbocycles. The Balaban J connectivity index is 2.23. The summed E-state index contributed by atoms with van der Waals surface area (Å²) in [7, 11) is 0. The van der Waals surface area contributed by atoms with Gasteiger partial charge in [-0.1, -0.05) is 13.8 Å². The summed E-state index contributed by atoms with van der Waals surface area (Å²) in [6.07, 6.45) is 2.28. The molecule has 0 spiro atoms. The van der Waals surface area contributed by atoms with E-state index in [0.717, 1.165) is 0 Å². The van der Waals surface area contributed by atoms with Crippen LogP contribution in [-0.2, 0) is 10.2 Å². The lowest BCUT2D eigenvalue weighted by molar-refractivity contribution is -0.109. The first-order valence-electron chi connectivity index (χ1n) is 5.92. The van der Waals surface area contributed by atoms with Crippen molar-refractivity contribution in [2.24, 2.45) is 0 Å². The molecule has 0 saturated heterocycles. The molecule has 0 atom stereocenters. The van der Waals surface area contributed by atoms with Gasteiger partial charge in [0.15, 0.2) is 0 Å². The van der Waals surface area contributed by atoms with Gasteiger partial charge < -0.3 is 9.73 Å². The van der Waals surface area contributed by atoms with Gasteiger partial charge in [0.25, 0.3) is 0 Å². The number of hydrogen-bond acceptors (Lipinski definition) is 3. The van der Waals surface area contributed by atoms with E-state index < -0.39 is 0 Å². The van der Waals surface area contributed by atoms with Gasteiger partial charge >= 0.3 is 0 Å². The normalized spacial score (nSPS) is 11.3. The number of hydrogen-bond donors (Lipinski definition) is 1. The molecule has 0 unspecified atom stereocenters. The van der Waals surface area contributed by atoms with Crippen LogP contribution in [0.4, 0.5) is 4.39 Å². The van der Waals surface area contributed by atoms with Crippen LogP contribution >= 0.6 is 0 Å². The maximum atomic E-state index is 12.8. The lowest BCUT2D eigenvalue weighted by Gasteiger charge is -2.20. The van der Waals surface area contributed by atoms with Gasteiger partial charge in [-0.3, -0.25) is 4.79 Å². The van der Waals surface area contributed by atoms with Crippen molar-refractivity contribution < 1.29 is 13.6 Å². The highest BCUT2D eigenvalue weighted by Crippen LogP contribution is 2.27. The standard InChI is InChI=1S/C14H15FN2O2/c1-14(2,8-16-9-18)12-7-17-13(19-12)10-3-5-11(15)6-4-10/h3-7,9H,8H2,1-2H3,(H,16,18). The molecular formula is C14H15FN2O2. The minimum Gasteiger partial charge on any atom is -0.441 e. The van der Waals surface area contributed by atoms with Crippen LogP contribution in [-0.4, -0.2) is 17.9 Å². The van der Waals surface area contributed by atoms with Gasteiger partial charge in [0.1, 0.15) is 11.6 Å². The number of amides is 1. The van der Waals surface area contributed by atoms with Crippen molar-refractivity contribution in [3.8, 4) is 11.5 Å². The van der Waals surface area contributed by atoms with Crippen LogP contribution < -0.4 is 5.32 Å². The third-order valence-corrected chi connectivity index (χ3v) is 2.89. The minimum atomic E-state index is -0.355. The predicted octanol–water partition coefficient (Wildman–Crippen LogP) is 2.50. The van der Waals surface area contributed by atoms with Crippen LogP contribution in [0.3, 0.4) is 0 Å². The molecule has 2 aromatic rings. The minimum absolute atomic E-state index is 0.300. The monoisotopic (exact) mass is 262 g/mol. The van der Waals surface area contributed by atoms with Crippen molar-refractivity contribution in [2.75, 3.05) is 6.54 Å². The van der Waals surface area contributed by atoms with Crippen LogP contribution in [0.15, 0.2) is 34.9 Å². The van der Waals surface area contributed by atoms with E-state index in [0.29, 0.717) is 30.2 Å². The number of nitrogens with zero attached hydrogens (tertiary/aromatic N) is 1. The quantitative estimate of drug-likeness (QED) is 0.842. The maximum Gasteiger partial charge on any atom is 0.226 e. The van der Waals surface area contributed by atoms with E-state index in [9.17, 15) is 9.18 Å². The topological polar surface area (TPSA) is 55.1 Å². The molecule has 0 aliphatic carbocycles. The molecule has 1 aromatic heterocycles. The summed E-state index contributed by atoms with van der Waals surface area (Å²) in [6, 6.07) is 5.94. The largest absolute Gasteiger partial charge is 0.441 e. The summed E-state index contributed by atoms with van der Waals surface area (Å²) in [5, 5.41) is 2.63. The predicted molar refractivity (Wildman–Crippen MR) is 69.0 cm³/mol. The highest BCUT2D eigenvalue weighted by atomic mass is 19.1. The number of nitrogens with one attached hydrogen (secondary N) is 1. The van der Waals surface area contributed by atoms with Gasteiger partial charge in [0.2, 0.25) is 12.3 Å². The summed E-state index contributed by atoms with van der Waals surface area (Å²) < 4.78 is 18.5. The van der Waals surface area contributed by atoms with Crippen molar-refractivity contribution in [2.45, 2.75) is 19.3 Å². The highest BCUT2D eigenvalue weighted by Gasteiger charge is 2.25. The molecule has 0 bridgehead atoms. The molecule has 1 heterocycles. The van der Waals surface area contributed by atoms with E-state index >= 15 is 0 Å². The molecule has 2 rings (SSSR count). The Morgan fingerprint density at radius 1 is 1.37 bits per heavy atom. The first-order chi connectivity index (χ1) is 9.03. The lowest BCUT2D eigenvalue weighted by atomic mass is 9.91. The summed E-state index contributed by atoms with van der Waals surface area (Å²) >= 11 is 0. The van der Waals surface area contributed by atoms with Crippen LogP contribution in [0.25, 0.3) is 11.5 Å². The molecule has 4 nitrogen and oxygen atoms in total. The first kappa shape index (κ1) is 13.3. The summed E-state index contributed by atoms with van der Waals surface area (Å²) in [4.78, 5) is 14.5. The van der Waals surface area contributed by atoms with Crippen molar-refractivity contribution in [1.82, 2.24) is 10.3 Å². The number of carbonyl (C=O) groups excluding carboxylic acids is 1. The number of carbonyl (C=O) groups is 1. The fourth-order valence-electron chi connectivity index (χ4n) is 1.70. The Hall–Kier alpha value is -2.17. The van der Waals surface area contributed by atoms with Crippen LogP contribution in [0.1, 0.15) is 19.6 Å². The number of benzene rings is 1. The summed E-state index contributed by atoms with van der Waals surface area (Å²) in [6.45, 7) is 4.34. The molecule has 0 fully saturated rings. The van der Waals surface area contributed by atoms with Crippen molar-refractivity contribution >= 4 is 6.41 Å². The number of halogens is 1. The van der Waals surface area contributed by atoms with Crippen LogP contribution in [0.2, 0.25) is 0 Å². The first-order valence-corrected chi connectivity index (χ1v) is 5.92. The lowest BCUT2D eigenvalue weighted by Crippen LogP contribution is -2.31. The summed E-state index contributed by atoms with van der Waals surface area (Å²) in [5.74, 6) is 0.807. The van der Waals surface area contributed by atoms with E-state index in [1.165, 1.54) is 12.1 Å². The van der Waals surface area contributed by atoms with Crippen molar-refractivity contribution in [3.63, 3.8) is 0 Å². The maximum absolute atomic E-state index is 12.8. The summed E-state index contributed by atoms with van der Waals surface area (Å²) in [5.41, 5.74) is 0.360. The van der Waals surface area contributed by atoms with Crippen LogP contribution in [0.5, 0.6) is 0 Å². The Kier molecular flexibility index (Phi) is 3.64. The van der Waals surface area contributed by atoms with Gasteiger partial charge in [-0.05, 0) is 24.3 Å². The zero-order valence-corrected chi connectivity index (χ0v) is 10.8. The molecule has 0 radical (unpaired) electrons. The Morgan fingerprint density at radius 2 is 2.05 bits per heavy atom. The molecule has 5 heteroatoms. The Labute approximate surface area is 110 Å². The van der Waals surface area contributed by atoms with Crippen molar-refractivity contribution in [3.05, 3.63) is 42.0 Å². The fraction of sp³-hybridized carbons (Fsp3) is 0.286. The molecule has 0 aliphatic rings. The number of rotatable bonds is 5. The van der Waals surface area contributed by atoms with E-state index in [1.54, 1.807) is 18.3 Å². The molecule has 0 saturated carbocycles. The average molecular weight is 262 g/mol. The van der Waals surface area contributed by atoms with Gasteiger partial charge in [0, 0.05) is 17.5 Å². The van der Waals surface area contributed by atoms with E-state index in [4.69, 9.17) is 4.42 Å². The van der Waals surface area contributed by atoms with Crippen LogP contribution in [0, 0.1) is 5.82 Å². The highest BCUT2D eigenvalue weighted by molar-refractivity contribution is 5.53. The molecular weight excluding hydrogens is 247 g/mol. The smallest absolute Gasteiger partial charge is 0.226 e. The van der Waals surface area contributed by atoms with Gasteiger partial charge in [-0.25, -0.2) is 9.37 Å². The van der Waals surface area contributed by atoms with Gasteiger partial charge in [-0.15, -0.1) is 0 Å². The van der Waals surface area contributed by atoms with Crippen molar-refractivity contribution in [1.29, 1.82) is 0 Å². The second kappa shape index (κ2) is 5.22. The molecule has 19 heavy (non-hydrogen) atoms. The van der Waals surface area contributed by atoms with E-state index in [-0.39, 0.29) is 11.2 Å². The third kappa shape index (κ3) is 2.99. The van der Waals surface area contributed by atoms with Gasteiger partial charge in [-0.2, -0.15) is 0 Å². The third-order valence-electron chi connectivity index (χ3n) is 2.89. The molecule has 0 aliphatic heterocycles. The second-order valence-electron chi connectivity index (χ2n) is 4.92. The van der Waals surface area contributed by atoms with E-state index in [1.807, 2.05) is 13.8 Å². The zero-order chi connectivity index (χ0) is 13.9. The fourth-order valence-corrected chi connectivity index (χ4v) is 1.70. The SMILES string of the molecule is CC(C)(CNC=O)c1cnc(-c2ccc(F)cc2)o1. The Bertz CT molecular complexity index is 561. The molecule has 100 valence electrons. The number of aromatic nitrogens is 1.